The Hall–Kier alpha value is -1.66. The van der Waals surface area contributed by atoms with Crippen molar-refractivity contribution in [3.8, 4) is 5.75 Å². The maximum atomic E-state index is 12.1. The SMILES string of the molecule is COCCC(=O)N(C)C1CCN(Cc2ncc(C)c(OC)c2C)CC1. The number of aryl methyl sites for hydroxylation is 1. The molecule has 0 bridgehead atoms. The van der Waals surface area contributed by atoms with Crippen LogP contribution < -0.4 is 4.74 Å². The number of carbonyl (C=O) groups excluding carboxylic acids is 1. The van der Waals surface area contributed by atoms with Crippen LogP contribution in [0, 0.1) is 13.8 Å². The second kappa shape index (κ2) is 9.15. The molecule has 0 aromatic carbocycles. The van der Waals surface area contributed by atoms with E-state index in [-0.39, 0.29) is 5.91 Å². The molecule has 0 radical (unpaired) electrons. The molecule has 6 heteroatoms. The first kappa shape index (κ1) is 19.7. The largest absolute Gasteiger partial charge is 0.496 e. The van der Waals surface area contributed by atoms with Crippen molar-refractivity contribution in [3.05, 3.63) is 23.0 Å². The van der Waals surface area contributed by atoms with E-state index in [1.807, 2.05) is 25.1 Å². The summed E-state index contributed by atoms with van der Waals surface area (Å²) in [6.45, 7) is 7.36. The maximum Gasteiger partial charge on any atom is 0.224 e. The van der Waals surface area contributed by atoms with Gasteiger partial charge < -0.3 is 14.4 Å². The molecule has 1 aromatic heterocycles. The van der Waals surface area contributed by atoms with Crippen molar-refractivity contribution in [3.63, 3.8) is 0 Å². The van der Waals surface area contributed by atoms with Gasteiger partial charge in [-0.25, -0.2) is 0 Å². The Balaban J connectivity index is 1.90. The van der Waals surface area contributed by atoms with Crippen LogP contribution in [0.25, 0.3) is 0 Å². The summed E-state index contributed by atoms with van der Waals surface area (Å²) in [5.41, 5.74) is 3.26. The summed E-state index contributed by atoms with van der Waals surface area (Å²) in [6, 6.07) is 0.321. The number of rotatable bonds is 7. The molecule has 140 valence electrons. The molecular formula is C19H31N3O3. The highest BCUT2D eigenvalue weighted by Crippen LogP contribution is 2.26. The van der Waals surface area contributed by atoms with Gasteiger partial charge in [-0.15, -0.1) is 0 Å². The van der Waals surface area contributed by atoms with Gasteiger partial charge in [0.2, 0.25) is 5.91 Å². The van der Waals surface area contributed by atoms with Gasteiger partial charge in [0, 0.05) is 57.2 Å². The lowest BCUT2D eigenvalue weighted by molar-refractivity contribution is -0.133. The third kappa shape index (κ3) is 4.92. The highest BCUT2D eigenvalue weighted by molar-refractivity contribution is 5.76. The van der Waals surface area contributed by atoms with Gasteiger partial charge >= 0.3 is 0 Å². The Morgan fingerprint density at radius 2 is 2.00 bits per heavy atom. The fraction of sp³-hybridized carbons (Fsp3) is 0.684. The van der Waals surface area contributed by atoms with Gasteiger partial charge in [-0.05, 0) is 26.7 Å². The minimum atomic E-state index is 0.168. The van der Waals surface area contributed by atoms with Gasteiger partial charge in [-0.2, -0.15) is 0 Å². The molecular weight excluding hydrogens is 318 g/mol. The Morgan fingerprint density at radius 1 is 1.32 bits per heavy atom. The zero-order chi connectivity index (χ0) is 18.4. The van der Waals surface area contributed by atoms with Gasteiger partial charge in [-0.3, -0.25) is 14.7 Å². The van der Waals surface area contributed by atoms with Crippen molar-refractivity contribution < 1.29 is 14.3 Å². The molecule has 0 aliphatic carbocycles. The van der Waals surface area contributed by atoms with Crippen molar-refractivity contribution in [2.24, 2.45) is 0 Å². The second-order valence-electron chi connectivity index (χ2n) is 6.80. The highest BCUT2D eigenvalue weighted by atomic mass is 16.5. The van der Waals surface area contributed by atoms with Crippen LogP contribution in [0.15, 0.2) is 6.20 Å². The average Bonchev–Trinajstić information content (AvgIpc) is 2.62. The summed E-state index contributed by atoms with van der Waals surface area (Å²) in [4.78, 5) is 21.0. The van der Waals surface area contributed by atoms with E-state index in [1.165, 1.54) is 0 Å². The second-order valence-corrected chi connectivity index (χ2v) is 6.80. The Bertz CT molecular complexity index is 584. The standard InChI is InChI=1S/C19H31N3O3/c1-14-12-20-17(15(2)19(14)25-5)13-22-9-6-16(7-10-22)21(3)18(23)8-11-24-4/h12,16H,6-11,13H2,1-5H3. The van der Waals surface area contributed by atoms with Crippen LogP contribution >= 0.6 is 0 Å². The molecule has 6 nitrogen and oxygen atoms in total. The van der Waals surface area contributed by atoms with E-state index >= 15 is 0 Å². The predicted octanol–water partition coefficient (Wildman–Crippen LogP) is 2.17. The van der Waals surface area contributed by atoms with Crippen LogP contribution in [-0.2, 0) is 16.1 Å². The number of pyridine rings is 1. The molecule has 0 spiro atoms. The topological polar surface area (TPSA) is 54.9 Å². The number of ether oxygens (including phenoxy) is 2. The zero-order valence-corrected chi connectivity index (χ0v) is 16.2. The quantitative estimate of drug-likeness (QED) is 0.755. The normalized spacial score (nSPS) is 16.0. The smallest absolute Gasteiger partial charge is 0.224 e. The first-order chi connectivity index (χ1) is 12.0. The first-order valence-electron chi connectivity index (χ1n) is 8.94. The number of hydrogen-bond acceptors (Lipinski definition) is 5. The zero-order valence-electron chi connectivity index (χ0n) is 16.2. The Kier molecular flexibility index (Phi) is 7.20. The fourth-order valence-corrected chi connectivity index (χ4v) is 3.48. The lowest BCUT2D eigenvalue weighted by Crippen LogP contribution is -2.45. The molecule has 0 atom stereocenters. The van der Waals surface area contributed by atoms with E-state index in [0.717, 1.165) is 55.0 Å². The molecule has 1 amide bonds. The summed E-state index contributed by atoms with van der Waals surface area (Å²) >= 11 is 0. The minimum Gasteiger partial charge on any atom is -0.496 e. The average molecular weight is 349 g/mol. The Labute approximate surface area is 151 Å². The number of nitrogens with zero attached hydrogens (tertiary/aromatic N) is 3. The summed E-state index contributed by atoms with van der Waals surface area (Å²) in [5.74, 6) is 1.10. The number of piperidine rings is 1. The summed E-state index contributed by atoms with van der Waals surface area (Å²) < 4.78 is 10.5. The van der Waals surface area contributed by atoms with Crippen molar-refractivity contribution in [2.75, 3.05) is 41.0 Å². The van der Waals surface area contributed by atoms with Crippen molar-refractivity contribution in [1.82, 2.24) is 14.8 Å². The molecule has 0 saturated carbocycles. The molecule has 1 aromatic rings. The van der Waals surface area contributed by atoms with Crippen LogP contribution in [0.2, 0.25) is 0 Å². The molecule has 25 heavy (non-hydrogen) atoms. The van der Waals surface area contributed by atoms with E-state index in [4.69, 9.17) is 9.47 Å². The number of aromatic nitrogens is 1. The van der Waals surface area contributed by atoms with E-state index in [1.54, 1.807) is 14.2 Å². The van der Waals surface area contributed by atoms with Crippen LogP contribution in [0.5, 0.6) is 5.75 Å². The summed E-state index contributed by atoms with van der Waals surface area (Å²) in [7, 11) is 5.25. The number of amides is 1. The Morgan fingerprint density at radius 3 is 2.60 bits per heavy atom. The van der Waals surface area contributed by atoms with E-state index in [2.05, 4.69) is 16.8 Å². The molecule has 1 saturated heterocycles. The number of carbonyl (C=O) groups is 1. The lowest BCUT2D eigenvalue weighted by atomic mass is 10.0. The lowest BCUT2D eigenvalue weighted by Gasteiger charge is -2.36. The first-order valence-corrected chi connectivity index (χ1v) is 8.94. The van der Waals surface area contributed by atoms with Crippen LogP contribution in [0.4, 0.5) is 0 Å². The van der Waals surface area contributed by atoms with Gasteiger partial charge in [-0.1, -0.05) is 0 Å². The van der Waals surface area contributed by atoms with Crippen molar-refractivity contribution in [2.45, 2.75) is 45.7 Å². The number of methoxy groups -OCH3 is 2. The molecule has 0 unspecified atom stereocenters. The van der Waals surface area contributed by atoms with Crippen LogP contribution in [0.3, 0.4) is 0 Å². The summed E-state index contributed by atoms with van der Waals surface area (Å²) in [5, 5.41) is 0. The number of hydrogen-bond donors (Lipinski definition) is 0. The van der Waals surface area contributed by atoms with Crippen molar-refractivity contribution in [1.29, 1.82) is 0 Å². The van der Waals surface area contributed by atoms with E-state index in [0.29, 0.717) is 19.1 Å². The summed E-state index contributed by atoms with van der Waals surface area (Å²) in [6.07, 6.45) is 4.34. The molecule has 1 aliphatic rings. The fourth-order valence-electron chi connectivity index (χ4n) is 3.48. The molecule has 1 aliphatic heterocycles. The van der Waals surface area contributed by atoms with Gasteiger partial charge in [0.05, 0.1) is 25.8 Å². The monoisotopic (exact) mass is 349 g/mol. The maximum absolute atomic E-state index is 12.1. The highest BCUT2D eigenvalue weighted by Gasteiger charge is 2.25. The minimum absolute atomic E-state index is 0.168. The van der Waals surface area contributed by atoms with Gasteiger partial charge in [0.25, 0.3) is 0 Å². The third-order valence-electron chi connectivity index (χ3n) is 5.14. The van der Waals surface area contributed by atoms with Gasteiger partial charge in [0.1, 0.15) is 5.75 Å². The van der Waals surface area contributed by atoms with E-state index < -0.39 is 0 Å². The van der Waals surface area contributed by atoms with Crippen LogP contribution in [0.1, 0.15) is 36.1 Å². The molecule has 1 fully saturated rings. The molecule has 0 N–H and O–H groups in total. The molecule has 2 heterocycles. The van der Waals surface area contributed by atoms with Crippen LogP contribution in [-0.4, -0.2) is 67.7 Å². The third-order valence-corrected chi connectivity index (χ3v) is 5.14. The van der Waals surface area contributed by atoms with E-state index in [9.17, 15) is 4.79 Å². The predicted molar refractivity (Wildman–Crippen MR) is 97.8 cm³/mol. The van der Waals surface area contributed by atoms with Crippen molar-refractivity contribution >= 4 is 5.91 Å². The number of likely N-dealkylation sites (tertiary alicyclic amines) is 1. The molecule has 2 rings (SSSR count). The van der Waals surface area contributed by atoms with Gasteiger partial charge in [0.15, 0.2) is 0 Å².